The lowest BCUT2D eigenvalue weighted by atomic mass is 10.1. The molecule has 3 rings (SSSR count). The summed E-state index contributed by atoms with van der Waals surface area (Å²) >= 11 is 0. The average molecular weight is 398 g/mol. The lowest BCUT2D eigenvalue weighted by molar-refractivity contribution is -0.384. The Hall–Kier alpha value is -3.13. The summed E-state index contributed by atoms with van der Waals surface area (Å²) in [6.07, 6.45) is 0. The molecule has 0 unspecified atom stereocenters. The molecular formula is C21H26N4O4. The normalized spacial score (nSPS) is 15.6. The van der Waals surface area contributed by atoms with E-state index in [0.717, 1.165) is 26.2 Å². The molecule has 1 amide bonds. The number of anilines is 2. The molecule has 1 aliphatic rings. The summed E-state index contributed by atoms with van der Waals surface area (Å²) in [5.74, 6) is 0.102. The van der Waals surface area contributed by atoms with Crippen molar-refractivity contribution in [1.29, 1.82) is 0 Å². The lowest BCUT2D eigenvalue weighted by Crippen LogP contribution is -2.53. The number of hydrogen-bond donors (Lipinski definition) is 1. The summed E-state index contributed by atoms with van der Waals surface area (Å²) in [5.41, 5.74) is 2.82. The smallest absolute Gasteiger partial charge is 0.273 e. The maximum absolute atomic E-state index is 12.7. The summed E-state index contributed by atoms with van der Waals surface area (Å²) in [7, 11) is 1.42. The number of nitro groups is 1. The van der Waals surface area contributed by atoms with Crippen LogP contribution in [0.3, 0.4) is 0 Å². The molecule has 1 N–H and O–H groups in total. The standard InChI is InChI=1S/C21H26N4O4/c1-15-6-4-5-7-19(15)24-12-10-23(11-13-24)16(2)21(26)22-18-9-8-17(25(27)28)14-20(18)29-3/h4-9,14,16H,10-13H2,1-3H3,(H,22,26)/t16-/m1/s1. The predicted molar refractivity (Wildman–Crippen MR) is 113 cm³/mol. The van der Waals surface area contributed by atoms with Gasteiger partial charge in [0.2, 0.25) is 5.91 Å². The number of hydrogen-bond acceptors (Lipinski definition) is 6. The Bertz CT molecular complexity index is 894. The Morgan fingerprint density at radius 1 is 1.17 bits per heavy atom. The van der Waals surface area contributed by atoms with Crippen LogP contribution in [-0.2, 0) is 4.79 Å². The first-order valence-electron chi connectivity index (χ1n) is 9.58. The summed E-state index contributed by atoms with van der Waals surface area (Å²) in [5, 5.41) is 13.8. The molecule has 1 heterocycles. The molecule has 29 heavy (non-hydrogen) atoms. The van der Waals surface area contributed by atoms with Gasteiger partial charge in [-0.15, -0.1) is 0 Å². The molecule has 0 spiro atoms. The summed E-state index contributed by atoms with van der Waals surface area (Å²) in [4.78, 5) is 27.7. The van der Waals surface area contributed by atoms with E-state index >= 15 is 0 Å². The number of piperazine rings is 1. The zero-order chi connectivity index (χ0) is 21.0. The summed E-state index contributed by atoms with van der Waals surface area (Å²) in [6, 6.07) is 12.1. The first-order chi connectivity index (χ1) is 13.9. The highest BCUT2D eigenvalue weighted by molar-refractivity contribution is 5.96. The highest BCUT2D eigenvalue weighted by Gasteiger charge is 2.27. The van der Waals surface area contributed by atoms with E-state index in [4.69, 9.17) is 4.74 Å². The van der Waals surface area contributed by atoms with Gasteiger partial charge in [0.1, 0.15) is 5.75 Å². The van der Waals surface area contributed by atoms with Gasteiger partial charge in [0.05, 0.1) is 29.8 Å². The number of aryl methyl sites for hydroxylation is 1. The van der Waals surface area contributed by atoms with Crippen LogP contribution in [0.4, 0.5) is 17.1 Å². The van der Waals surface area contributed by atoms with E-state index in [1.165, 1.54) is 36.6 Å². The Balaban J connectivity index is 1.61. The third-order valence-electron chi connectivity index (χ3n) is 5.35. The Kier molecular flexibility index (Phi) is 6.33. The first-order valence-corrected chi connectivity index (χ1v) is 9.58. The number of carbonyl (C=O) groups excluding carboxylic acids is 1. The molecule has 0 radical (unpaired) electrons. The molecule has 0 aromatic heterocycles. The van der Waals surface area contributed by atoms with E-state index in [1.807, 2.05) is 19.1 Å². The number of ether oxygens (including phenoxy) is 1. The van der Waals surface area contributed by atoms with Crippen molar-refractivity contribution in [3.63, 3.8) is 0 Å². The number of methoxy groups -OCH3 is 1. The molecule has 2 aromatic carbocycles. The number of amides is 1. The van der Waals surface area contributed by atoms with Crippen LogP contribution in [0.1, 0.15) is 12.5 Å². The molecule has 8 heteroatoms. The second kappa shape index (κ2) is 8.91. The van der Waals surface area contributed by atoms with Gasteiger partial charge in [-0.1, -0.05) is 18.2 Å². The van der Waals surface area contributed by atoms with Crippen molar-refractivity contribution < 1.29 is 14.5 Å². The molecule has 1 aliphatic heterocycles. The highest BCUT2D eigenvalue weighted by Crippen LogP contribution is 2.29. The highest BCUT2D eigenvalue weighted by atomic mass is 16.6. The van der Waals surface area contributed by atoms with Crippen LogP contribution in [0, 0.1) is 17.0 Å². The lowest BCUT2D eigenvalue weighted by Gasteiger charge is -2.39. The number of benzene rings is 2. The molecule has 1 fully saturated rings. The second-order valence-corrected chi connectivity index (χ2v) is 7.12. The van der Waals surface area contributed by atoms with Crippen molar-refractivity contribution in [3.05, 3.63) is 58.1 Å². The van der Waals surface area contributed by atoms with Gasteiger partial charge in [-0.05, 0) is 31.5 Å². The minimum atomic E-state index is -0.495. The number of nitrogens with one attached hydrogen (secondary N) is 1. The first kappa shape index (κ1) is 20.6. The second-order valence-electron chi connectivity index (χ2n) is 7.12. The number of non-ortho nitro benzene ring substituents is 1. The van der Waals surface area contributed by atoms with E-state index in [2.05, 4.69) is 34.2 Å². The maximum Gasteiger partial charge on any atom is 0.273 e. The van der Waals surface area contributed by atoms with Crippen molar-refractivity contribution in [2.45, 2.75) is 19.9 Å². The zero-order valence-electron chi connectivity index (χ0n) is 16.9. The minimum Gasteiger partial charge on any atom is -0.494 e. The van der Waals surface area contributed by atoms with Crippen LogP contribution in [0.2, 0.25) is 0 Å². The van der Waals surface area contributed by atoms with Gasteiger partial charge in [0.25, 0.3) is 5.69 Å². The van der Waals surface area contributed by atoms with Crippen molar-refractivity contribution in [1.82, 2.24) is 4.90 Å². The van der Waals surface area contributed by atoms with Crippen LogP contribution in [-0.4, -0.2) is 55.1 Å². The average Bonchev–Trinajstić information content (AvgIpc) is 2.73. The molecule has 154 valence electrons. The van der Waals surface area contributed by atoms with Gasteiger partial charge in [0, 0.05) is 37.9 Å². The van der Waals surface area contributed by atoms with Crippen molar-refractivity contribution in [2.24, 2.45) is 0 Å². The van der Waals surface area contributed by atoms with Crippen molar-refractivity contribution in [2.75, 3.05) is 43.5 Å². The van der Waals surface area contributed by atoms with Crippen LogP contribution >= 0.6 is 0 Å². The summed E-state index contributed by atoms with van der Waals surface area (Å²) in [6.45, 7) is 7.24. The van der Waals surface area contributed by atoms with Gasteiger partial charge in [0.15, 0.2) is 0 Å². The molecule has 2 aromatic rings. The maximum atomic E-state index is 12.7. The third-order valence-corrected chi connectivity index (χ3v) is 5.35. The number of para-hydroxylation sites is 1. The van der Waals surface area contributed by atoms with Crippen molar-refractivity contribution >= 4 is 23.0 Å². The van der Waals surface area contributed by atoms with Gasteiger partial charge < -0.3 is 15.0 Å². The van der Waals surface area contributed by atoms with Crippen LogP contribution in [0.15, 0.2) is 42.5 Å². The fourth-order valence-electron chi connectivity index (χ4n) is 3.57. The van der Waals surface area contributed by atoms with E-state index in [-0.39, 0.29) is 23.4 Å². The van der Waals surface area contributed by atoms with Crippen LogP contribution in [0.25, 0.3) is 0 Å². The topological polar surface area (TPSA) is 87.9 Å². The largest absolute Gasteiger partial charge is 0.494 e. The molecule has 0 aliphatic carbocycles. The quantitative estimate of drug-likeness (QED) is 0.594. The van der Waals surface area contributed by atoms with E-state index in [0.29, 0.717) is 5.69 Å². The zero-order valence-corrected chi connectivity index (χ0v) is 16.9. The number of nitrogens with zero attached hydrogens (tertiary/aromatic N) is 3. The Labute approximate surface area is 170 Å². The van der Waals surface area contributed by atoms with Gasteiger partial charge >= 0.3 is 0 Å². The fourth-order valence-corrected chi connectivity index (χ4v) is 3.57. The van der Waals surface area contributed by atoms with E-state index < -0.39 is 4.92 Å². The van der Waals surface area contributed by atoms with Crippen LogP contribution in [0.5, 0.6) is 5.75 Å². The molecular weight excluding hydrogens is 372 g/mol. The number of rotatable bonds is 6. The van der Waals surface area contributed by atoms with Gasteiger partial charge in [-0.2, -0.15) is 0 Å². The minimum absolute atomic E-state index is 0.0831. The van der Waals surface area contributed by atoms with Crippen molar-refractivity contribution in [3.8, 4) is 5.75 Å². The van der Waals surface area contributed by atoms with E-state index in [9.17, 15) is 14.9 Å². The Morgan fingerprint density at radius 3 is 2.48 bits per heavy atom. The predicted octanol–water partition coefficient (Wildman–Crippen LogP) is 3.06. The molecule has 0 bridgehead atoms. The number of nitro benzene ring substituents is 1. The molecule has 1 saturated heterocycles. The molecule has 1 atom stereocenters. The monoisotopic (exact) mass is 398 g/mol. The number of carbonyl (C=O) groups is 1. The molecule has 0 saturated carbocycles. The fraction of sp³-hybridized carbons (Fsp3) is 0.381. The summed E-state index contributed by atoms with van der Waals surface area (Å²) < 4.78 is 5.20. The van der Waals surface area contributed by atoms with Gasteiger partial charge in [-0.25, -0.2) is 0 Å². The molecule has 8 nitrogen and oxygen atoms in total. The van der Waals surface area contributed by atoms with Gasteiger partial charge in [-0.3, -0.25) is 19.8 Å². The van der Waals surface area contributed by atoms with Crippen LogP contribution < -0.4 is 15.0 Å². The third kappa shape index (κ3) is 4.65. The SMILES string of the molecule is COc1cc([N+](=O)[O-])ccc1NC(=O)[C@@H](C)N1CCN(c2ccccc2C)CC1. The van der Waals surface area contributed by atoms with E-state index in [1.54, 1.807) is 0 Å². The Morgan fingerprint density at radius 2 is 1.86 bits per heavy atom.